The predicted molar refractivity (Wildman–Crippen MR) is 160 cm³/mol. The molecule has 0 unspecified atom stereocenters. The highest BCUT2D eigenvalue weighted by molar-refractivity contribution is 7.91. The van der Waals surface area contributed by atoms with Crippen molar-refractivity contribution < 1.29 is 36.3 Å². The summed E-state index contributed by atoms with van der Waals surface area (Å²) in [6, 6.07) is 2.15. The van der Waals surface area contributed by atoms with Gasteiger partial charge in [0.25, 0.3) is 0 Å². The number of alkyl halides is 3. The molecule has 0 atom stereocenters. The molecule has 3 N–H and O–H groups in total. The lowest BCUT2D eigenvalue weighted by Crippen LogP contribution is -2.41. The maximum absolute atomic E-state index is 13.4. The lowest BCUT2D eigenvalue weighted by Gasteiger charge is -2.27. The van der Waals surface area contributed by atoms with E-state index < -0.39 is 44.7 Å². The first-order chi connectivity index (χ1) is 21.3. The van der Waals surface area contributed by atoms with Gasteiger partial charge in [0.2, 0.25) is 5.43 Å². The number of nitrogens with one attached hydrogen (secondary N) is 2. The topological polar surface area (TPSA) is 176 Å². The molecule has 0 spiro atoms. The summed E-state index contributed by atoms with van der Waals surface area (Å²) in [7, 11) is -3.10. The Morgan fingerprint density at radius 3 is 2.47 bits per heavy atom. The molecule has 4 aromatic heterocycles. The molecule has 5 rings (SSSR count). The molecule has 4 aromatic rings. The number of anilines is 1. The molecule has 1 saturated heterocycles. The molecule has 1 aliphatic rings. The minimum Gasteiger partial charge on any atom is -0.477 e. The Morgan fingerprint density at radius 2 is 1.82 bits per heavy atom. The van der Waals surface area contributed by atoms with Gasteiger partial charge < -0.3 is 15.0 Å². The Labute approximate surface area is 257 Å². The molecular weight excluding hydrogens is 639 g/mol. The minimum absolute atomic E-state index is 0.0113. The van der Waals surface area contributed by atoms with Crippen LogP contribution in [0.3, 0.4) is 0 Å². The van der Waals surface area contributed by atoms with E-state index in [9.17, 15) is 41.1 Å². The second kappa shape index (κ2) is 12.5. The van der Waals surface area contributed by atoms with Crippen molar-refractivity contribution in [3.8, 4) is 21.7 Å². The van der Waals surface area contributed by atoms with Crippen molar-refractivity contribution in [2.24, 2.45) is 0 Å². The van der Waals surface area contributed by atoms with E-state index in [1.807, 2.05) is 4.90 Å². The third-order valence-corrected chi connectivity index (χ3v) is 9.54. The summed E-state index contributed by atoms with van der Waals surface area (Å²) in [5.41, 5.74) is -1.65. The van der Waals surface area contributed by atoms with Crippen LogP contribution < -0.4 is 16.1 Å². The van der Waals surface area contributed by atoms with Crippen LogP contribution in [0.2, 0.25) is 0 Å². The van der Waals surface area contributed by atoms with Crippen LogP contribution in [0.15, 0.2) is 40.9 Å². The van der Waals surface area contributed by atoms with E-state index in [2.05, 4.69) is 25.6 Å². The molecule has 18 heteroatoms. The first kappa shape index (κ1) is 32.0. The second-order valence-electron chi connectivity index (χ2n) is 10.1. The van der Waals surface area contributed by atoms with Crippen LogP contribution in [0.25, 0.3) is 32.7 Å². The number of rotatable bonds is 8. The predicted octanol–water partition coefficient (Wildman–Crippen LogP) is 3.17. The molecule has 0 bridgehead atoms. The van der Waals surface area contributed by atoms with E-state index in [0.717, 1.165) is 16.7 Å². The van der Waals surface area contributed by atoms with Crippen molar-refractivity contribution in [2.45, 2.75) is 19.6 Å². The van der Waals surface area contributed by atoms with Crippen LogP contribution in [0.5, 0.6) is 0 Å². The Kier molecular flexibility index (Phi) is 8.90. The summed E-state index contributed by atoms with van der Waals surface area (Å²) in [5.74, 6) is -1.41. The molecule has 45 heavy (non-hydrogen) atoms. The van der Waals surface area contributed by atoms with Gasteiger partial charge >= 0.3 is 18.2 Å². The molecular formula is C27H26F3N7O6S2. The number of pyridine rings is 3. The summed E-state index contributed by atoms with van der Waals surface area (Å²) in [4.78, 5) is 51.6. The average molecular weight is 666 g/mol. The third-order valence-electron chi connectivity index (χ3n) is 7.06. The molecule has 1 fully saturated rings. The number of carbonyl (C=O) groups excluding carboxylic acids is 1. The molecule has 0 radical (unpaired) electrons. The van der Waals surface area contributed by atoms with Gasteiger partial charge in [0, 0.05) is 73.4 Å². The molecule has 5 heterocycles. The Morgan fingerprint density at radius 1 is 1.09 bits per heavy atom. The number of aromatic carboxylic acids is 1. The van der Waals surface area contributed by atoms with Gasteiger partial charge in [-0.3, -0.25) is 15.0 Å². The molecule has 0 saturated carbocycles. The van der Waals surface area contributed by atoms with E-state index in [-0.39, 0.29) is 56.6 Å². The van der Waals surface area contributed by atoms with Crippen LogP contribution in [-0.4, -0.2) is 87.6 Å². The van der Waals surface area contributed by atoms with E-state index >= 15 is 0 Å². The molecule has 1 aliphatic heterocycles. The van der Waals surface area contributed by atoms with Gasteiger partial charge in [-0.15, -0.1) is 11.3 Å². The summed E-state index contributed by atoms with van der Waals surface area (Å²) in [6.07, 6.45) is -0.848. The molecule has 0 aromatic carbocycles. The van der Waals surface area contributed by atoms with E-state index in [1.54, 1.807) is 6.92 Å². The highest BCUT2D eigenvalue weighted by Crippen LogP contribution is 2.38. The first-order valence-electron chi connectivity index (χ1n) is 13.5. The minimum atomic E-state index is -4.70. The van der Waals surface area contributed by atoms with E-state index in [4.69, 9.17) is 0 Å². The Balaban J connectivity index is 1.59. The zero-order valence-corrected chi connectivity index (χ0v) is 25.2. The van der Waals surface area contributed by atoms with Gasteiger partial charge in [-0.2, -0.15) is 13.2 Å². The average Bonchev–Trinajstić information content (AvgIpc) is 3.49. The maximum atomic E-state index is 13.4. The number of carbonyl (C=O) groups is 2. The maximum Gasteiger partial charge on any atom is 0.434 e. The normalized spacial score (nSPS) is 15.2. The standard InChI is InChI=1S/C27H26F3N7O6S2/c1-2-31-26(41)35-21-10-16(24-34-20(14-44-24)27(28,29)30)18(12-32-21)15-9-17-22(38)19(25(39)40)13-37(23(17)33-11-15)4-3-36-5-7-45(42,43)8-6-36/h9-14H,2-8H2,1H3,(H,39,40)(H2,31,32,35,41). The third kappa shape index (κ3) is 7.12. The molecule has 0 aliphatic carbocycles. The smallest absolute Gasteiger partial charge is 0.434 e. The number of hydrogen-bond donors (Lipinski definition) is 3. The van der Waals surface area contributed by atoms with Crippen LogP contribution >= 0.6 is 11.3 Å². The molecule has 238 valence electrons. The van der Waals surface area contributed by atoms with Crippen molar-refractivity contribution in [3.05, 3.63) is 57.6 Å². The van der Waals surface area contributed by atoms with Gasteiger partial charge in [0.15, 0.2) is 15.5 Å². The summed E-state index contributed by atoms with van der Waals surface area (Å²) < 4.78 is 65.2. The lowest BCUT2D eigenvalue weighted by molar-refractivity contribution is -0.140. The van der Waals surface area contributed by atoms with E-state index in [1.165, 1.54) is 35.3 Å². The fourth-order valence-corrected chi connectivity index (χ4v) is 6.88. The van der Waals surface area contributed by atoms with Crippen LogP contribution in [0.1, 0.15) is 23.0 Å². The number of hydrogen-bond acceptors (Lipinski definition) is 10. The Bertz CT molecular complexity index is 1950. The largest absolute Gasteiger partial charge is 0.477 e. The zero-order chi connectivity index (χ0) is 32.5. The SMILES string of the molecule is CCNC(=O)Nc1cc(-c2nc(C(F)(F)F)cs2)c(-c2cnc3c(c2)c(=O)c(C(=O)O)cn3CCN2CCS(=O)(=O)CC2)cn1. The number of carboxylic acids is 1. The van der Waals surface area contributed by atoms with Crippen molar-refractivity contribution in [1.29, 1.82) is 0 Å². The summed E-state index contributed by atoms with van der Waals surface area (Å²) >= 11 is 0.718. The van der Waals surface area contributed by atoms with Gasteiger partial charge in [0.1, 0.15) is 22.0 Å². The van der Waals surface area contributed by atoms with Crippen molar-refractivity contribution >= 4 is 50.0 Å². The number of fused-ring (bicyclic) bond motifs is 1. The van der Waals surface area contributed by atoms with Gasteiger partial charge in [-0.25, -0.2) is 33.0 Å². The highest BCUT2D eigenvalue weighted by atomic mass is 32.2. The van der Waals surface area contributed by atoms with Crippen molar-refractivity contribution in [2.75, 3.05) is 43.0 Å². The summed E-state index contributed by atoms with van der Waals surface area (Å²) in [5, 5.41) is 15.5. The quantitative estimate of drug-likeness (QED) is 0.253. The van der Waals surface area contributed by atoms with Crippen LogP contribution in [0.4, 0.5) is 23.8 Å². The zero-order valence-electron chi connectivity index (χ0n) is 23.6. The number of halogens is 3. The molecule has 13 nitrogen and oxygen atoms in total. The van der Waals surface area contributed by atoms with Crippen LogP contribution in [-0.2, 0) is 22.6 Å². The second-order valence-corrected chi connectivity index (χ2v) is 13.3. The number of urea groups is 1. The number of aromatic nitrogens is 4. The fraction of sp³-hybridized carbons (Fsp3) is 0.333. The monoisotopic (exact) mass is 665 g/mol. The van der Waals surface area contributed by atoms with Gasteiger partial charge in [0.05, 0.1) is 16.9 Å². The van der Waals surface area contributed by atoms with Crippen molar-refractivity contribution in [1.82, 2.24) is 29.7 Å². The number of amides is 2. The van der Waals surface area contributed by atoms with Gasteiger partial charge in [-0.05, 0) is 19.1 Å². The molecule has 2 amide bonds. The van der Waals surface area contributed by atoms with E-state index in [0.29, 0.717) is 26.2 Å². The highest BCUT2D eigenvalue weighted by Gasteiger charge is 2.34. The fourth-order valence-electron chi connectivity index (χ4n) is 4.75. The lowest BCUT2D eigenvalue weighted by atomic mass is 10.0. The van der Waals surface area contributed by atoms with Gasteiger partial charge in [-0.1, -0.05) is 0 Å². The van der Waals surface area contributed by atoms with Crippen molar-refractivity contribution in [3.63, 3.8) is 0 Å². The number of carboxylic acid groups (broad SMARTS) is 1. The summed E-state index contributed by atoms with van der Waals surface area (Å²) in [6.45, 7) is 3.23. The number of sulfone groups is 1. The first-order valence-corrected chi connectivity index (χ1v) is 16.2. The number of thiazole rings is 1. The Hall–Kier alpha value is -4.42. The van der Waals surface area contributed by atoms with Crippen LogP contribution in [0, 0.1) is 0 Å². The number of nitrogens with zero attached hydrogens (tertiary/aromatic N) is 5.